The van der Waals surface area contributed by atoms with Gasteiger partial charge in [-0.1, -0.05) is 49.3 Å². The van der Waals surface area contributed by atoms with Gasteiger partial charge in [-0.15, -0.1) is 0 Å². The molecule has 0 saturated heterocycles. The van der Waals surface area contributed by atoms with Crippen LogP contribution in [0, 0.1) is 5.92 Å². The molecule has 1 aromatic heterocycles. The average Bonchev–Trinajstić information content (AvgIpc) is 3.16. The van der Waals surface area contributed by atoms with E-state index in [0.717, 1.165) is 23.4 Å². The van der Waals surface area contributed by atoms with E-state index in [2.05, 4.69) is 15.2 Å². The van der Waals surface area contributed by atoms with Crippen molar-refractivity contribution in [2.45, 2.75) is 39.2 Å². The molecule has 152 valence electrons. The van der Waals surface area contributed by atoms with Crippen molar-refractivity contribution in [3.63, 3.8) is 0 Å². The number of alkyl carbamates (subject to hydrolysis) is 1. The van der Waals surface area contributed by atoms with Crippen LogP contribution in [0.5, 0.6) is 0 Å². The Labute approximate surface area is 166 Å². The first kappa shape index (κ1) is 21.5. The fourth-order valence-electron chi connectivity index (χ4n) is 2.94. The van der Waals surface area contributed by atoms with Crippen molar-refractivity contribution in [1.82, 2.24) is 15.4 Å². The fourth-order valence-corrected chi connectivity index (χ4v) is 2.94. The van der Waals surface area contributed by atoms with Crippen LogP contribution >= 0.6 is 0 Å². The molecule has 0 radical (unpaired) electrons. The second-order valence-electron chi connectivity index (χ2n) is 7.23. The van der Waals surface area contributed by atoms with E-state index in [9.17, 15) is 9.59 Å². The molecule has 1 heterocycles. The summed E-state index contributed by atoms with van der Waals surface area (Å²) in [6.07, 6.45) is 1.37. The highest BCUT2D eigenvalue weighted by molar-refractivity contribution is 5.85. The predicted molar refractivity (Wildman–Crippen MR) is 107 cm³/mol. The summed E-state index contributed by atoms with van der Waals surface area (Å²) >= 11 is 0. The zero-order valence-electron chi connectivity index (χ0n) is 17.0. The Hall–Kier alpha value is -2.83. The summed E-state index contributed by atoms with van der Waals surface area (Å²) in [5, 5.41) is 6.73. The largest absolute Gasteiger partial charge is 0.453 e. The Morgan fingerprint density at radius 1 is 1.25 bits per heavy atom. The molecule has 1 atom stereocenters. The molecule has 0 aliphatic carbocycles. The van der Waals surface area contributed by atoms with Gasteiger partial charge in [0.2, 0.25) is 5.91 Å². The number of likely N-dealkylation sites (N-methyl/N-ethyl adjacent to an activating group) is 1. The third-order valence-electron chi connectivity index (χ3n) is 4.40. The molecule has 0 spiro atoms. The van der Waals surface area contributed by atoms with Crippen molar-refractivity contribution in [1.29, 1.82) is 0 Å². The third-order valence-corrected chi connectivity index (χ3v) is 4.40. The van der Waals surface area contributed by atoms with Gasteiger partial charge in [0, 0.05) is 31.6 Å². The van der Waals surface area contributed by atoms with E-state index in [4.69, 9.17) is 4.52 Å². The van der Waals surface area contributed by atoms with E-state index in [1.54, 1.807) is 11.9 Å². The van der Waals surface area contributed by atoms with Crippen molar-refractivity contribution >= 4 is 12.0 Å². The molecule has 0 bridgehead atoms. The lowest BCUT2D eigenvalue weighted by atomic mass is 10.0. The maximum atomic E-state index is 12.7. The third kappa shape index (κ3) is 6.40. The number of carbonyl (C=O) groups is 2. The van der Waals surface area contributed by atoms with Gasteiger partial charge in [-0.05, 0) is 18.8 Å². The number of hydrogen-bond donors (Lipinski definition) is 1. The summed E-state index contributed by atoms with van der Waals surface area (Å²) in [4.78, 5) is 25.8. The van der Waals surface area contributed by atoms with Gasteiger partial charge in [-0.2, -0.15) is 0 Å². The van der Waals surface area contributed by atoms with E-state index in [1.165, 1.54) is 7.11 Å². The fraction of sp³-hybridized carbons (Fsp3) is 0.476. The highest BCUT2D eigenvalue weighted by atomic mass is 16.5. The summed E-state index contributed by atoms with van der Waals surface area (Å²) in [5.41, 5.74) is 1.81. The minimum absolute atomic E-state index is 0.123. The van der Waals surface area contributed by atoms with Crippen LogP contribution < -0.4 is 5.32 Å². The molecule has 0 aliphatic heterocycles. The Balaban J connectivity index is 1.86. The van der Waals surface area contributed by atoms with Gasteiger partial charge in [0.1, 0.15) is 17.5 Å². The molecule has 1 aromatic carbocycles. The lowest BCUT2D eigenvalue weighted by molar-refractivity contribution is -0.132. The number of amides is 2. The first-order valence-electron chi connectivity index (χ1n) is 9.51. The molecule has 0 aliphatic rings. The number of nitrogens with zero attached hydrogens (tertiary/aromatic N) is 2. The topological polar surface area (TPSA) is 84.7 Å². The van der Waals surface area contributed by atoms with Crippen LogP contribution in [-0.4, -0.2) is 48.8 Å². The van der Waals surface area contributed by atoms with Crippen LogP contribution in [-0.2, 0) is 16.0 Å². The summed E-state index contributed by atoms with van der Waals surface area (Å²) in [7, 11) is 3.03. The molecule has 0 fully saturated rings. The quantitative estimate of drug-likeness (QED) is 0.712. The number of rotatable bonds is 9. The van der Waals surface area contributed by atoms with Crippen molar-refractivity contribution in [2.75, 3.05) is 20.7 Å². The van der Waals surface area contributed by atoms with Crippen LogP contribution in [0.15, 0.2) is 40.9 Å². The summed E-state index contributed by atoms with van der Waals surface area (Å²) in [5.74, 6) is 0.929. The average molecular weight is 387 g/mol. The lowest BCUT2D eigenvalue weighted by Gasteiger charge is -2.25. The Morgan fingerprint density at radius 3 is 2.61 bits per heavy atom. The smallest absolute Gasteiger partial charge is 0.407 e. The Morgan fingerprint density at radius 2 is 1.96 bits per heavy atom. The zero-order chi connectivity index (χ0) is 20.5. The van der Waals surface area contributed by atoms with Gasteiger partial charge in [0.05, 0.1) is 7.11 Å². The molecule has 2 amide bonds. The minimum Gasteiger partial charge on any atom is -0.453 e. The second-order valence-corrected chi connectivity index (χ2v) is 7.23. The number of ether oxygens (including phenoxy) is 1. The minimum atomic E-state index is -0.595. The maximum absolute atomic E-state index is 12.7. The highest BCUT2D eigenvalue weighted by Gasteiger charge is 2.25. The number of methoxy groups -OCH3 is 1. The molecule has 1 unspecified atom stereocenters. The van der Waals surface area contributed by atoms with Gasteiger partial charge in [0.15, 0.2) is 0 Å². The molecule has 1 N–H and O–H groups in total. The van der Waals surface area contributed by atoms with Crippen LogP contribution in [0.2, 0.25) is 0 Å². The van der Waals surface area contributed by atoms with Crippen molar-refractivity contribution in [3.05, 3.63) is 42.2 Å². The summed E-state index contributed by atoms with van der Waals surface area (Å²) < 4.78 is 10.0. The number of aryl methyl sites for hydroxylation is 1. The molecule has 7 nitrogen and oxygen atoms in total. The van der Waals surface area contributed by atoms with E-state index < -0.39 is 12.1 Å². The second kappa shape index (κ2) is 10.5. The lowest BCUT2D eigenvalue weighted by Crippen LogP contribution is -2.48. The van der Waals surface area contributed by atoms with Crippen LogP contribution in [0.1, 0.15) is 32.4 Å². The van der Waals surface area contributed by atoms with Crippen LogP contribution in [0.25, 0.3) is 11.3 Å². The van der Waals surface area contributed by atoms with E-state index >= 15 is 0 Å². The SMILES string of the molecule is COC(=O)NC(CC(C)C)C(=O)N(C)CCCc1cc(-c2ccccc2)no1. The monoisotopic (exact) mass is 387 g/mol. The van der Waals surface area contributed by atoms with Gasteiger partial charge in [-0.3, -0.25) is 4.79 Å². The van der Waals surface area contributed by atoms with Gasteiger partial charge in [0.25, 0.3) is 0 Å². The number of nitrogens with one attached hydrogen (secondary N) is 1. The van der Waals surface area contributed by atoms with Gasteiger partial charge < -0.3 is 19.5 Å². The van der Waals surface area contributed by atoms with Crippen LogP contribution in [0.4, 0.5) is 4.79 Å². The van der Waals surface area contributed by atoms with Crippen LogP contribution in [0.3, 0.4) is 0 Å². The molecule has 0 saturated carbocycles. The Bertz CT molecular complexity index is 758. The molecule has 7 heteroatoms. The van der Waals surface area contributed by atoms with Gasteiger partial charge in [-0.25, -0.2) is 4.79 Å². The maximum Gasteiger partial charge on any atom is 0.407 e. The zero-order valence-corrected chi connectivity index (χ0v) is 17.0. The number of carbonyl (C=O) groups excluding carboxylic acids is 2. The predicted octanol–water partition coefficient (Wildman–Crippen LogP) is 3.50. The van der Waals surface area contributed by atoms with E-state index in [-0.39, 0.29) is 11.8 Å². The summed E-state index contributed by atoms with van der Waals surface area (Å²) in [6.45, 7) is 4.57. The molecular formula is C21H29N3O4. The molecular weight excluding hydrogens is 358 g/mol. The van der Waals surface area contributed by atoms with Crippen molar-refractivity contribution < 1.29 is 18.8 Å². The highest BCUT2D eigenvalue weighted by Crippen LogP contribution is 2.19. The normalized spacial score (nSPS) is 11.9. The first-order chi connectivity index (χ1) is 13.4. The number of aromatic nitrogens is 1. The van der Waals surface area contributed by atoms with Crippen molar-refractivity contribution in [2.24, 2.45) is 5.92 Å². The Kier molecular flexibility index (Phi) is 8.04. The number of benzene rings is 1. The molecule has 28 heavy (non-hydrogen) atoms. The molecule has 2 aromatic rings. The van der Waals surface area contributed by atoms with E-state index in [1.807, 2.05) is 50.2 Å². The van der Waals surface area contributed by atoms with Gasteiger partial charge >= 0.3 is 6.09 Å². The van der Waals surface area contributed by atoms with E-state index in [0.29, 0.717) is 19.4 Å². The molecule has 2 rings (SSSR count). The summed E-state index contributed by atoms with van der Waals surface area (Å²) in [6, 6.07) is 11.2. The first-order valence-corrected chi connectivity index (χ1v) is 9.51. The standard InChI is InChI=1S/C21H29N3O4/c1-15(2)13-19(22-21(26)27-4)20(25)24(3)12-8-11-17-14-18(23-28-17)16-9-6-5-7-10-16/h5-7,9-10,14-15,19H,8,11-13H2,1-4H3,(H,22,26). The number of hydrogen-bond acceptors (Lipinski definition) is 5. The van der Waals surface area contributed by atoms with Crippen molar-refractivity contribution in [3.8, 4) is 11.3 Å².